The third kappa shape index (κ3) is 2.25. The van der Waals surface area contributed by atoms with Gasteiger partial charge in [-0.2, -0.15) is 5.10 Å². The molecule has 0 spiro atoms. The molecule has 1 fully saturated rings. The first-order valence-electron chi connectivity index (χ1n) is 5.74. The van der Waals surface area contributed by atoms with Gasteiger partial charge in [-0.15, -0.1) is 0 Å². The van der Waals surface area contributed by atoms with Crippen LogP contribution in [0.4, 0.5) is 0 Å². The van der Waals surface area contributed by atoms with E-state index in [0.717, 1.165) is 12.5 Å². The molecule has 1 heterocycles. The van der Waals surface area contributed by atoms with Gasteiger partial charge in [-0.05, 0) is 32.1 Å². The molecule has 0 bridgehead atoms. The van der Waals surface area contributed by atoms with Crippen LogP contribution in [0.25, 0.3) is 0 Å². The van der Waals surface area contributed by atoms with Gasteiger partial charge in [0.2, 0.25) is 0 Å². The molecule has 0 amide bonds. The van der Waals surface area contributed by atoms with Crippen molar-refractivity contribution in [2.75, 3.05) is 0 Å². The molecule has 3 unspecified atom stereocenters. The summed E-state index contributed by atoms with van der Waals surface area (Å²) in [4.78, 5) is 5.08. The van der Waals surface area contributed by atoms with Gasteiger partial charge in [-0.3, -0.25) is 4.68 Å². The lowest BCUT2D eigenvalue weighted by Gasteiger charge is -2.31. The number of aryl methyl sites for hydroxylation is 1. The predicted molar refractivity (Wildman–Crippen MR) is 64.2 cm³/mol. The molecule has 1 saturated carbocycles. The Bertz CT molecular complexity index is 323. The molecule has 3 atom stereocenters. The highest BCUT2D eigenvalue weighted by atomic mass is 79.9. The fraction of sp³-hybridized carbons (Fsp3) is 0.818. The summed E-state index contributed by atoms with van der Waals surface area (Å²) in [7, 11) is 0. The van der Waals surface area contributed by atoms with Crippen molar-refractivity contribution in [3.8, 4) is 0 Å². The first-order valence-corrected chi connectivity index (χ1v) is 6.65. The van der Waals surface area contributed by atoms with Gasteiger partial charge in [0.15, 0.2) is 0 Å². The number of rotatable bonds is 2. The van der Waals surface area contributed by atoms with Crippen LogP contribution < -0.4 is 0 Å². The summed E-state index contributed by atoms with van der Waals surface area (Å²) in [6.07, 6.45) is 5.46. The van der Waals surface area contributed by atoms with Crippen molar-refractivity contribution in [3.05, 3.63) is 12.2 Å². The maximum absolute atomic E-state index is 4.43. The SMILES string of the molecule is CCn1ncnc1C1CC(Br)CCC1C. The van der Waals surface area contributed by atoms with Gasteiger partial charge in [-0.1, -0.05) is 22.9 Å². The second-order valence-corrected chi connectivity index (χ2v) is 5.72. The summed E-state index contributed by atoms with van der Waals surface area (Å²) in [5.41, 5.74) is 0. The fourth-order valence-electron chi connectivity index (χ4n) is 2.43. The number of alkyl halides is 1. The maximum atomic E-state index is 4.43. The third-order valence-corrected chi connectivity index (χ3v) is 4.24. The summed E-state index contributed by atoms with van der Waals surface area (Å²) in [6.45, 7) is 5.38. The van der Waals surface area contributed by atoms with Gasteiger partial charge in [0, 0.05) is 17.3 Å². The van der Waals surface area contributed by atoms with E-state index >= 15 is 0 Å². The van der Waals surface area contributed by atoms with Crippen LogP contribution >= 0.6 is 15.9 Å². The average molecular weight is 272 g/mol. The Morgan fingerprint density at radius 1 is 1.53 bits per heavy atom. The molecule has 1 aromatic rings. The van der Waals surface area contributed by atoms with Gasteiger partial charge in [-0.25, -0.2) is 4.98 Å². The highest BCUT2D eigenvalue weighted by Gasteiger charge is 2.30. The Kier molecular flexibility index (Phi) is 3.44. The Balaban J connectivity index is 2.20. The predicted octanol–water partition coefficient (Wildman–Crippen LogP) is 2.97. The quantitative estimate of drug-likeness (QED) is 0.775. The minimum atomic E-state index is 0.575. The third-order valence-electron chi connectivity index (χ3n) is 3.41. The van der Waals surface area contributed by atoms with Crippen molar-refractivity contribution in [2.45, 2.75) is 50.4 Å². The van der Waals surface area contributed by atoms with E-state index in [-0.39, 0.29) is 0 Å². The smallest absolute Gasteiger partial charge is 0.138 e. The van der Waals surface area contributed by atoms with Crippen LogP contribution in [0.3, 0.4) is 0 Å². The van der Waals surface area contributed by atoms with Crippen molar-refractivity contribution in [1.29, 1.82) is 0 Å². The van der Waals surface area contributed by atoms with Crippen LogP contribution in [0.5, 0.6) is 0 Å². The molecule has 15 heavy (non-hydrogen) atoms. The van der Waals surface area contributed by atoms with E-state index in [0.29, 0.717) is 10.7 Å². The lowest BCUT2D eigenvalue weighted by Crippen LogP contribution is -2.24. The zero-order valence-electron chi connectivity index (χ0n) is 9.36. The van der Waals surface area contributed by atoms with Gasteiger partial charge in [0.1, 0.15) is 12.2 Å². The van der Waals surface area contributed by atoms with Gasteiger partial charge in [0.05, 0.1) is 0 Å². The molecule has 0 radical (unpaired) electrons. The van der Waals surface area contributed by atoms with Crippen LogP contribution in [0.1, 0.15) is 44.9 Å². The van der Waals surface area contributed by atoms with E-state index in [4.69, 9.17) is 0 Å². The summed E-state index contributed by atoms with van der Waals surface area (Å²) >= 11 is 3.73. The standard InChI is InChI=1S/C11H18BrN3/c1-3-15-11(13-7-14-15)10-6-9(12)5-4-8(10)2/h7-10H,3-6H2,1-2H3. The largest absolute Gasteiger partial charge is 0.250 e. The summed E-state index contributed by atoms with van der Waals surface area (Å²) < 4.78 is 2.03. The van der Waals surface area contributed by atoms with E-state index in [1.165, 1.54) is 25.1 Å². The van der Waals surface area contributed by atoms with Gasteiger partial charge >= 0.3 is 0 Å². The molecule has 84 valence electrons. The zero-order valence-corrected chi connectivity index (χ0v) is 10.9. The van der Waals surface area contributed by atoms with Crippen LogP contribution in [0, 0.1) is 5.92 Å². The van der Waals surface area contributed by atoms with Crippen LogP contribution in [-0.4, -0.2) is 19.6 Å². The maximum Gasteiger partial charge on any atom is 0.138 e. The first kappa shape index (κ1) is 11.1. The molecule has 1 aliphatic carbocycles. The minimum Gasteiger partial charge on any atom is -0.250 e. The van der Waals surface area contributed by atoms with Crippen molar-refractivity contribution >= 4 is 15.9 Å². The molecule has 0 aliphatic heterocycles. The second kappa shape index (κ2) is 4.64. The van der Waals surface area contributed by atoms with Crippen LogP contribution in [-0.2, 0) is 6.54 Å². The molecular formula is C11H18BrN3. The Hall–Kier alpha value is -0.380. The highest BCUT2D eigenvalue weighted by molar-refractivity contribution is 9.09. The van der Waals surface area contributed by atoms with Crippen molar-refractivity contribution in [2.24, 2.45) is 5.92 Å². The fourth-order valence-corrected chi connectivity index (χ4v) is 3.10. The zero-order chi connectivity index (χ0) is 10.8. The summed E-state index contributed by atoms with van der Waals surface area (Å²) in [6, 6.07) is 0. The van der Waals surface area contributed by atoms with E-state index in [1.54, 1.807) is 6.33 Å². The molecule has 0 N–H and O–H groups in total. The van der Waals surface area contributed by atoms with Crippen molar-refractivity contribution in [1.82, 2.24) is 14.8 Å². The summed E-state index contributed by atoms with van der Waals surface area (Å²) in [5.74, 6) is 2.48. The van der Waals surface area contributed by atoms with Crippen molar-refractivity contribution in [3.63, 3.8) is 0 Å². The monoisotopic (exact) mass is 271 g/mol. The van der Waals surface area contributed by atoms with Gasteiger partial charge in [0.25, 0.3) is 0 Å². The van der Waals surface area contributed by atoms with E-state index in [1.807, 2.05) is 4.68 Å². The molecule has 1 aliphatic rings. The highest BCUT2D eigenvalue weighted by Crippen LogP contribution is 2.39. The number of nitrogens with zero attached hydrogens (tertiary/aromatic N) is 3. The molecule has 0 aromatic carbocycles. The normalized spacial score (nSPS) is 31.8. The number of hydrogen-bond donors (Lipinski definition) is 0. The summed E-state index contributed by atoms with van der Waals surface area (Å²) in [5, 5.41) is 4.26. The average Bonchev–Trinajstić information content (AvgIpc) is 2.69. The van der Waals surface area contributed by atoms with Gasteiger partial charge < -0.3 is 0 Å². The topological polar surface area (TPSA) is 30.7 Å². The number of halogens is 1. The second-order valence-electron chi connectivity index (χ2n) is 4.43. The van der Waals surface area contributed by atoms with Crippen molar-refractivity contribution < 1.29 is 0 Å². The molecule has 3 nitrogen and oxygen atoms in total. The molecule has 2 rings (SSSR count). The number of aromatic nitrogens is 3. The van der Waals surface area contributed by atoms with E-state index in [2.05, 4.69) is 39.9 Å². The number of hydrogen-bond acceptors (Lipinski definition) is 2. The first-order chi connectivity index (χ1) is 7.22. The van der Waals surface area contributed by atoms with E-state index in [9.17, 15) is 0 Å². The Labute approximate surface area is 99.4 Å². The van der Waals surface area contributed by atoms with Crippen LogP contribution in [0.15, 0.2) is 6.33 Å². The molecule has 0 saturated heterocycles. The minimum absolute atomic E-state index is 0.575. The molecule has 4 heteroatoms. The Morgan fingerprint density at radius 2 is 2.33 bits per heavy atom. The van der Waals surface area contributed by atoms with E-state index < -0.39 is 0 Å². The molecular weight excluding hydrogens is 254 g/mol. The molecule has 1 aromatic heterocycles. The lowest BCUT2D eigenvalue weighted by molar-refractivity contribution is 0.318. The van der Waals surface area contributed by atoms with Crippen LogP contribution in [0.2, 0.25) is 0 Å². The lowest BCUT2D eigenvalue weighted by atomic mass is 9.80. The Morgan fingerprint density at radius 3 is 3.07 bits per heavy atom.